The van der Waals surface area contributed by atoms with Crippen molar-refractivity contribution >= 4 is 0 Å². The first-order valence-corrected chi connectivity index (χ1v) is 5.04. The second-order valence-corrected chi connectivity index (χ2v) is 3.30. The Morgan fingerprint density at radius 3 is 2.00 bits per heavy atom. The van der Waals surface area contributed by atoms with Gasteiger partial charge in [-0.2, -0.15) is 13.2 Å². The van der Waals surface area contributed by atoms with Gasteiger partial charge in [-0.05, 0) is 24.3 Å². The molecule has 0 spiro atoms. The smallest absolute Gasteiger partial charge is 0.422 e. The largest absolute Gasteiger partial charge is 0.494 e. The lowest BCUT2D eigenvalue weighted by molar-refractivity contribution is -0.153. The van der Waals surface area contributed by atoms with Crippen molar-refractivity contribution in [2.45, 2.75) is 12.6 Å². The van der Waals surface area contributed by atoms with Crippen LogP contribution in [0.1, 0.15) is 6.42 Å². The van der Waals surface area contributed by atoms with Gasteiger partial charge in [-0.3, -0.25) is 0 Å². The monoisotopic (exact) mass is 250 g/mol. The molecule has 1 aromatic carbocycles. The van der Waals surface area contributed by atoms with Crippen molar-refractivity contribution in [2.24, 2.45) is 0 Å². The van der Waals surface area contributed by atoms with Crippen LogP contribution >= 0.6 is 0 Å². The molecule has 17 heavy (non-hydrogen) atoms. The average molecular weight is 250 g/mol. The third-order valence-corrected chi connectivity index (χ3v) is 1.80. The van der Waals surface area contributed by atoms with E-state index in [-0.39, 0.29) is 12.4 Å². The summed E-state index contributed by atoms with van der Waals surface area (Å²) in [5.74, 6) is 0.662. The molecule has 0 heterocycles. The molecule has 0 aliphatic rings. The van der Waals surface area contributed by atoms with Crippen molar-refractivity contribution < 1.29 is 27.8 Å². The van der Waals surface area contributed by atoms with Crippen molar-refractivity contribution in [1.29, 1.82) is 0 Å². The molecule has 3 nitrogen and oxygen atoms in total. The van der Waals surface area contributed by atoms with E-state index in [1.165, 1.54) is 24.3 Å². The number of hydrogen-bond donors (Lipinski definition) is 1. The first kappa shape index (κ1) is 13.6. The lowest BCUT2D eigenvalue weighted by atomic mass is 10.3. The van der Waals surface area contributed by atoms with Crippen molar-refractivity contribution in [3.05, 3.63) is 24.3 Å². The Kier molecular flexibility index (Phi) is 5.09. The highest BCUT2D eigenvalue weighted by atomic mass is 19.4. The van der Waals surface area contributed by atoms with E-state index in [4.69, 9.17) is 9.84 Å². The van der Waals surface area contributed by atoms with Crippen molar-refractivity contribution in [2.75, 3.05) is 19.8 Å². The minimum atomic E-state index is -4.34. The molecule has 0 unspecified atom stereocenters. The zero-order valence-electron chi connectivity index (χ0n) is 9.04. The average Bonchev–Trinajstić information content (AvgIpc) is 2.27. The fourth-order valence-corrected chi connectivity index (χ4v) is 1.05. The van der Waals surface area contributed by atoms with Crippen LogP contribution in [0.25, 0.3) is 0 Å². The maximum atomic E-state index is 11.9. The summed E-state index contributed by atoms with van der Waals surface area (Å²) in [5.41, 5.74) is 0. The molecule has 0 saturated carbocycles. The van der Waals surface area contributed by atoms with E-state index in [1.807, 2.05) is 0 Å². The molecule has 96 valence electrons. The van der Waals surface area contributed by atoms with E-state index in [2.05, 4.69) is 4.74 Å². The van der Waals surface area contributed by atoms with Gasteiger partial charge in [0.25, 0.3) is 0 Å². The number of rotatable bonds is 6. The number of aliphatic hydroxyl groups excluding tert-OH is 1. The van der Waals surface area contributed by atoms with Crippen LogP contribution in [0.2, 0.25) is 0 Å². The Morgan fingerprint density at radius 1 is 1.00 bits per heavy atom. The maximum Gasteiger partial charge on any atom is 0.422 e. The van der Waals surface area contributed by atoms with Gasteiger partial charge in [-0.15, -0.1) is 0 Å². The number of aliphatic hydroxyl groups is 1. The van der Waals surface area contributed by atoms with Crippen molar-refractivity contribution in [1.82, 2.24) is 0 Å². The molecule has 0 aromatic heterocycles. The van der Waals surface area contributed by atoms with Crippen LogP contribution in [0.15, 0.2) is 24.3 Å². The maximum absolute atomic E-state index is 11.9. The summed E-state index contributed by atoms with van der Waals surface area (Å²) in [4.78, 5) is 0. The minimum absolute atomic E-state index is 0.0345. The van der Waals surface area contributed by atoms with E-state index in [0.717, 1.165) is 0 Å². The van der Waals surface area contributed by atoms with Crippen LogP contribution < -0.4 is 9.47 Å². The number of halogens is 3. The molecule has 0 bridgehead atoms. The van der Waals surface area contributed by atoms with E-state index in [1.54, 1.807) is 0 Å². The SMILES string of the molecule is OCCCOc1ccc(OCC(F)(F)F)cc1. The quantitative estimate of drug-likeness (QED) is 0.788. The lowest BCUT2D eigenvalue weighted by Crippen LogP contribution is -2.19. The third-order valence-electron chi connectivity index (χ3n) is 1.80. The number of alkyl halides is 3. The van der Waals surface area contributed by atoms with Gasteiger partial charge < -0.3 is 14.6 Å². The summed E-state index contributed by atoms with van der Waals surface area (Å²) >= 11 is 0. The number of benzene rings is 1. The molecule has 0 atom stereocenters. The molecule has 0 aliphatic heterocycles. The van der Waals surface area contributed by atoms with Crippen LogP contribution in [-0.2, 0) is 0 Å². The normalized spacial score (nSPS) is 11.3. The van der Waals surface area contributed by atoms with Gasteiger partial charge >= 0.3 is 6.18 Å². The number of ether oxygens (including phenoxy) is 2. The van der Waals surface area contributed by atoms with Crippen LogP contribution in [0.5, 0.6) is 11.5 Å². The molecule has 1 aromatic rings. The molecule has 0 amide bonds. The molecule has 1 rings (SSSR count). The summed E-state index contributed by atoms with van der Waals surface area (Å²) in [5, 5.41) is 8.53. The third kappa shape index (κ3) is 6.01. The summed E-state index contributed by atoms with van der Waals surface area (Å²) in [6.45, 7) is -0.913. The van der Waals surface area contributed by atoms with Crippen LogP contribution in [0.4, 0.5) is 13.2 Å². The highest BCUT2D eigenvalue weighted by molar-refractivity contribution is 5.31. The molecule has 0 fully saturated rings. The Morgan fingerprint density at radius 2 is 1.53 bits per heavy atom. The van der Waals surface area contributed by atoms with Gasteiger partial charge in [-0.25, -0.2) is 0 Å². The minimum Gasteiger partial charge on any atom is -0.494 e. The number of hydrogen-bond acceptors (Lipinski definition) is 3. The first-order valence-electron chi connectivity index (χ1n) is 5.04. The van der Waals surface area contributed by atoms with Gasteiger partial charge in [0.1, 0.15) is 11.5 Å². The van der Waals surface area contributed by atoms with Crippen molar-refractivity contribution in [3.63, 3.8) is 0 Å². The molecule has 0 saturated heterocycles. The second-order valence-electron chi connectivity index (χ2n) is 3.30. The molecular formula is C11H13F3O3. The van der Waals surface area contributed by atoms with E-state index < -0.39 is 12.8 Å². The van der Waals surface area contributed by atoms with Gasteiger partial charge in [0.15, 0.2) is 6.61 Å². The molecule has 0 radical (unpaired) electrons. The van der Waals surface area contributed by atoms with Crippen LogP contribution in [0.3, 0.4) is 0 Å². The molecule has 6 heteroatoms. The van der Waals surface area contributed by atoms with Crippen molar-refractivity contribution in [3.8, 4) is 11.5 Å². The van der Waals surface area contributed by atoms with Gasteiger partial charge in [0, 0.05) is 13.0 Å². The summed E-state index contributed by atoms with van der Waals surface area (Å²) in [6, 6.07) is 5.84. The molecule has 0 aliphatic carbocycles. The zero-order valence-corrected chi connectivity index (χ0v) is 9.04. The summed E-state index contributed by atoms with van der Waals surface area (Å²) in [7, 11) is 0. The fourth-order valence-electron chi connectivity index (χ4n) is 1.05. The van der Waals surface area contributed by atoms with E-state index in [9.17, 15) is 13.2 Å². The van der Waals surface area contributed by atoms with E-state index in [0.29, 0.717) is 18.8 Å². The zero-order chi connectivity index (χ0) is 12.7. The van der Waals surface area contributed by atoms with E-state index >= 15 is 0 Å². The second kappa shape index (κ2) is 6.34. The van der Waals surface area contributed by atoms with Crippen LogP contribution in [-0.4, -0.2) is 31.1 Å². The summed E-state index contributed by atoms with van der Waals surface area (Å²) in [6.07, 6.45) is -3.83. The van der Waals surface area contributed by atoms with Gasteiger partial charge in [0.05, 0.1) is 6.61 Å². The predicted octanol–water partition coefficient (Wildman–Crippen LogP) is 2.39. The van der Waals surface area contributed by atoms with Gasteiger partial charge in [0.2, 0.25) is 0 Å². The topological polar surface area (TPSA) is 38.7 Å². The predicted molar refractivity (Wildman–Crippen MR) is 55.2 cm³/mol. The Hall–Kier alpha value is -1.43. The standard InChI is InChI=1S/C11H13F3O3/c12-11(13,14)8-17-10-4-2-9(3-5-10)16-7-1-6-15/h2-5,15H,1,6-8H2. The first-order chi connectivity index (χ1) is 8.01. The summed E-state index contributed by atoms with van der Waals surface area (Å²) < 4.78 is 45.3. The fraction of sp³-hybridized carbons (Fsp3) is 0.455. The van der Waals surface area contributed by atoms with Gasteiger partial charge in [-0.1, -0.05) is 0 Å². The Labute approximate surface area is 96.8 Å². The lowest BCUT2D eigenvalue weighted by Gasteiger charge is -2.10. The molecular weight excluding hydrogens is 237 g/mol. The Balaban J connectivity index is 2.39. The highest BCUT2D eigenvalue weighted by Gasteiger charge is 2.28. The molecule has 1 N–H and O–H groups in total. The van der Waals surface area contributed by atoms with Crippen LogP contribution in [0, 0.1) is 0 Å². The Bertz CT molecular complexity index is 322. The highest BCUT2D eigenvalue weighted by Crippen LogP contribution is 2.21.